The summed E-state index contributed by atoms with van der Waals surface area (Å²) in [6.45, 7) is 0.191. The first-order chi connectivity index (χ1) is 8.25. The number of pyridine rings is 1. The minimum absolute atomic E-state index is 0.191. The highest BCUT2D eigenvalue weighted by molar-refractivity contribution is 6.05. The van der Waals surface area contributed by atoms with E-state index in [-0.39, 0.29) is 12.5 Å². The Labute approximate surface area is 97.7 Å². The summed E-state index contributed by atoms with van der Waals surface area (Å²) < 4.78 is 1.85. The molecule has 0 radical (unpaired) electrons. The van der Waals surface area contributed by atoms with Gasteiger partial charge in [0.1, 0.15) is 6.54 Å². The van der Waals surface area contributed by atoms with Crippen molar-refractivity contribution in [3.63, 3.8) is 0 Å². The van der Waals surface area contributed by atoms with Crippen molar-refractivity contribution >= 4 is 27.7 Å². The van der Waals surface area contributed by atoms with Crippen LogP contribution in [0.5, 0.6) is 0 Å². The van der Waals surface area contributed by atoms with Crippen LogP contribution in [0, 0.1) is 0 Å². The second-order valence-corrected chi connectivity index (χ2v) is 3.98. The molecule has 0 aliphatic rings. The van der Waals surface area contributed by atoms with Gasteiger partial charge in [-0.3, -0.25) is 9.78 Å². The molecule has 0 saturated carbocycles. The van der Waals surface area contributed by atoms with Gasteiger partial charge in [0, 0.05) is 28.7 Å². The van der Waals surface area contributed by atoms with Gasteiger partial charge in [0.15, 0.2) is 0 Å². The van der Waals surface area contributed by atoms with Crippen molar-refractivity contribution < 1.29 is 4.79 Å². The second-order valence-electron chi connectivity index (χ2n) is 3.98. The standard InChI is InChI=1S/C13H11N3O/c14-13(17)8-16-7-1-2-10-9-5-6-15-11(9)3-4-12(10)16/h1-7H,8H2,(H2,14,17). The molecule has 17 heavy (non-hydrogen) atoms. The lowest BCUT2D eigenvalue weighted by Crippen LogP contribution is -2.18. The molecule has 84 valence electrons. The summed E-state index contributed by atoms with van der Waals surface area (Å²) in [5.74, 6) is -0.344. The van der Waals surface area contributed by atoms with Crippen LogP contribution in [0.2, 0.25) is 0 Å². The minimum atomic E-state index is -0.344. The molecule has 1 aromatic carbocycles. The van der Waals surface area contributed by atoms with Crippen molar-refractivity contribution in [3.8, 4) is 0 Å². The van der Waals surface area contributed by atoms with Crippen molar-refractivity contribution in [2.75, 3.05) is 0 Å². The summed E-state index contributed by atoms with van der Waals surface area (Å²) in [6.07, 6.45) is 3.64. The van der Waals surface area contributed by atoms with E-state index in [0.717, 1.165) is 21.8 Å². The third kappa shape index (κ3) is 1.54. The Morgan fingerprint density at radius 1 is 1.24 bits per heavy atom. The number of hydrogen-bond acceptors (Lipinski definition) is 2. The van der Waals surface area contributed by atoms with Crippen LogP contribution in [-0.2, 0) is 11.3 Å². The molecule has 0 atom stereocenters. The summed E-state index contributed by atoms with van der Waals surface area (Å²) >= 11 is 0. The monoisotopic (exact) mass is 225 g/mol. The van der Waals surface area contributed by atoms with Crippen molar-refractivity contribution in [2.45, 2.75) is 6.54 Å². The first-order valence-electron chi connectivity index (χ1n) is 5.36. The van der Waals surface area contributed by atoms with E-state index in [1.165, 1.54) is 0 Å². The molecule has 0 aliphatic heterocycles. The molecule has 0 aliphatic carbocycles. The van der Waals surface area contributed by atoms with Crippen LogP contribution in [-0.4, -0.2) is 15.5 Å². The lowest BCUT2D eigenvalue weighted by Gasteiger charge is -2.09. The average molecular weight is 225 g/mol. The number of amides is 1. The Morgan fingerprint density at radius 3 is 2.94 bits per heavy atom. The van der Waals surface area contributed by atoms with Gasteiger partial charge in [0.25, 0.3) is 0 Å². The summed E-state index contributed by atoms with van der Waals surface area (Å²) in [5, 5.41) is 2.19. The highest BCUT2D eigenvalue weighted by Crippen LogP contribution is 2.24. The van der Waals surface area contributed by atoms with E-state index in [4.69, 9.17) is 5.73 Å². The van der Waals surface area contributed by atoms with Gasteiger partial charge >= 0.3 is 0 Å². The number of primary amides is 1. The molecular formula is C13H11N3O. The van der Waals surface area contributed by atoms with Crippen LogP contribution in [0.1, 0.15) is 0 Å². The molecule has 4 heteroatoms. The van der Waals surface area contributed by atoms with E-state index < -0.39 is 0 Å². The van der Waals surface area contributed by atoms with Gasteiger partial charge in [0.2, 0.25) is 5.91 Å². The zero-order valence-corrected chi connectivity index (χ0v) is 9.13. The molecule has 1 amide bonds. The van der Waals surface area contributed by atoms with Crippen molar-refractivity contribution in [1.82, 2.24) is 9.55 Å². The van der Waals surface area contributed by atoms with E-state index in [0.29, 0.717) is 0 Å². The van der Waals surface area contributed by atoms with Gasteiger partial charge in [0.05, 0.1) is 5.52 Å². The third-order valence-corrected chi connectivity index (χ3v) is 2.86. The average Bonchev–Trinajstić information content (AvgIpc) is 2.76. The number of nitrogens with zero attached hydrogens (tertiary/aromatic N) is 2. The predicted octanol–water partition coefficient (Wildman–Crippen LogP) is 1.67. The molecule has 2 heterocycles. The maximum absolute atomic E-state index is 11.0. The first kappa shape index (κ1) is 9.84. The number of nitrogens with two attached hydrogens (primary N) is 1. The molecular weight excluding hydrogens is 214 g/mol. The van der Waals surface area contributed by atoms with Crippen LogP contribution in [0.15, 0.2) is 42.7 Å². The second kappa shape index (κ2) is 3.59. The molecule has 3 aromatic rings. The number of benzene rings is 1. The molecule has 0 bridgehead atoms. The lowest BCUT2D eigenvalue weighted by molar-refractivity contribution is -0.118. The Bertz CT molecular complexity index is 715. The smallest absolute Gasteiger partial charge is 0.237 e. The third-order valence-electron chi connectivity index (χ3n) is 2.86. The van der Waals surface area contributed by atoms with Gasteiger partial charge in [-0.1, -0.05) is 6.07 Å². The quantitative estimate of drug-likeness (QED) is 0.721. The summed E-state index contributed by atoms with van der Waals surface area (Å²) in [4.78, 5) is 15.3. The Balaban J connectivity index is 2.35. The highest BCUT2D eigenvalue weighted by atomic mass is 16.1. The number of fused-ring (bicyclic) bond motifs is 3. The fourth-order valence-corrected chi connectivity index (χ4v) is 2.15. The van der Waals surface area contributed by atoms with Crippen molar-refractivity contribution in [3.05, 3.63) is 42.7 Å². The van der Waals surface area contributed by atoms with Gasteiger partial charge in [-0.05, 0) is 24.3 Å². The fourth-order valence-electron chi connectivity index (χ4n) is 2.15. The van der Waals surface area contributed by atoms with Crippen LogP contribution in [0.25, 0.3) is 21.8 Å². The van der Waals surface area contributed by atoms with Gasteiger partial charge in [-0.25, -0.2) is 0 Å². The highest BCUT2D eigenvalue weighted by Gasteiger charge is 2.05. The maximum Gasteiger partial charge on any atom is 0.237 e. The number of carbonyl (C=O) groups is 1. The molecule has 0 fully saturated rings. The van der Waals surface area contributed by atoms with Gasteiger partial charge < -0.3 is 10.3 Å². The first-order valence-corrected chi connectivity index (χ1v) is 5.36. The maximum atomic E-state index is 11.0. The van der Waals surface area contributed by atoms with Crippen LogP contribution >= 0.6 is 0 Å². The molecule has 0 unspecified atom stereocenters. The molecule has 0 saturated heterocycles. The van der Waals surface area contributed by atoms with E-state index in [1.807, 2.05) is 41.1 Å². The summed E-state index contributed by atoms with van der Waals surface area (Å²) in [5.41, 5.74) is 7.20. The zero-order valence-electron chi connectivity index (χ0n) is 9.13. The lowest BCUT2D eigenvalue weighted by atomic mass is 10.1. The van der Waals surface area contributed by atoms with Crippen molar-refractivity contribution in [1.29, 1.82) is 0 Å². The summed E-state index contributed by atoms with van der Waals surface area (Å²) in [7, 11) is 0. The number of rotatable bonds is 2. The van der Waals surface area contributed by atoms with E-state index in [9.17, 15) is 4.79 Å². The van der Waals surface area contributed by atoms with E-state index in [1.54, 1.807) is 6.20 Å². The topological polar surface area (TPSA) is 60.9 Å². The SMILES string of the molecule is NC(=O)Cn1cccc2c3ccnc3ccc21. The van der Waals surface area contributed by atoms with Crippen molar-refractivity contribution in [2.24, 2.45) is 5.73 Å². The predicted molar refractivity (Wildman–Crippen MR) is 66.4 cm³/mol. The number of carbonyl (C=O) groups excluding carboxylic acids is 1. The molecule has 0 spiro atoms. The zero-order chi connectivity index (χ0) is 11.8. The number of hydrogen-bond donors (Lipinski definition) is 1. The molecule has 2 aromatic heterocycles. The Morgan fingerprint density at radius 2 is 2.12 bits per heavy atom. The molecule has 3 rings (SSSR count). The Hall–Kier alpha value is -2.36. The minimum Gasteiger partial charge on any atom is -0.368 e. The molecule has 4 nitrogen and oxygen atoms in total. The number of aromatic nitrogens is 2. The van der Waals surface area contributed by atoms with Crippen LogP contribution in [0.4, 0.5) is 0 Å². The van der Waals surface area contributed by atoms with Gasteiger partial charge in [-0.2, -0.15) is 0 Å². The van der Waals surface area contributed by atoms with Gasteiger partial charge in [-0.15, -0.1) is 0 Å². The normalized spacial score (nSPS) is 11.1. The fraction of sp³-hybridized carbons (Fsp3) is 0.0769. The largest absolute Gasteiger partial charge is 0.368 e. The molecule has 2 N–H and O–H groups in total. The van der Waals surface area contributed by atoms with Crippen LogP contribution in [0.3, 0.4) is 0 Å². The summed E-state index contributed by atoms with van der Waals surface area (Å²) in [6, 6.07) is 9.84. The Kier molecular flexibility index (Phi) is 2.08. The van der Waals surface area contributed by atoms with E-state index in [2.05, 4.69) is 4.98 Å². The van der Waals surface area contributed by atoms with Crippen LogP contribution < -0.4 is 5.73 Å². The van der Waals surface area contributed by atoms with E-state index >= 15 is 0 Å².